The van der Waals surface area contributed by atoms with E-state index in [1.54, 1.807) is 4.31 Å². The first-order chi connectivity index (χ1) is 12.5. The summed E-state index contributed by atoms with van der Waals surface area (Å²) in [6, 6.07) is 13.7. The van der Waals surface area contributed by atoms with Crippen molar-refractivity contribution in [2.45, 2.75) is 58.0 Å². The Labute approximate surface area is 163 Å². The van der Waals surface area contributed by atoms with E-state index in [0.717, 1.165) is 27.8 Å². The van der Waals surface area contributed by atoms with Gasteiger partial charge in [0.15, 0.2) is 0 Å². The van der Waals surface area contributed by atoms with Gasteiger partial charge in [0.1, 0.15) is 0 Å². The maximum Gasteiger partial charge on any atom is 0.244 e. The zero-order valence-corrected chi connectivity index (χ0v) is 17.9. The van der Waals surface area contributed by atoms with E-state index in [1.165, 1.54) is 0 Å². The zero-order valence-electron chi connectivity index (χ0n) is 17.1. The lowest BCUT2D eigenvalue weighted by molar-refractivity contribution is 0.515. The van der Waals surface area contributed by atoms with Gasteiger partial charge in [-0.1, -0.05) is 68.5 Å². The summed E-state index contributed by atoms with van der Waals surface area (Å²) < 4.78 is 29.1. The van der Waals surface area contributed by atoms with E-state index in [4.69, 9.17) is 0 Å². The molecule has 1 unspecified atom stereocenters. The van der Waals surface area contributed by atoms with Crippen LogP contribution in [-0.4, -0.2) is 24.3 Å². The molecule has 3 nitrogen and oxygen atoms in total. The Morgan fingerprint density at radius 3 is 2.07 bits per heavy atom. The number of aryl methyl sites for hydroxylation is 3. The largest absolute Gasteiger partial charge is 0.244 e. The first-order valence-corrected chi connectivity index (χ1v) is 10.8. The number of benzene rings is 2. The van der Waals surface area contributed by atoms with E-state index in [-0.39, 0.29) is 12.0 Å². The highest BCUT2D eigenvalue weighted by Crippen LogP contribution is 2.56. The van der Waals surface area contributed by atoms with Crippen LogP contribution in [0.15, 0.2) is 53.9 Å². The fraction of sp³-hybridized carbons (Fsp3) is 0.391. The molecular weight excluding hydrogens is 354 g/mol. The third-order valence-electron chi connectivity index (χ3n) is 5.70. The van der Waals surface area contributed by atoms with E-state index in [9.17, 15) is 8.42 Å². The molecular formula is C23H29NO2S. The molecule has 0 spiro atoms. The molecule has 1 aliphatic rings. The van der Waals surface area contributed by atoms with Crippen LogP contribution in [0.1, 0.15) is 43.0 Å². The lowest BCUT2D eigenvalue weighted by atomic mass is 9.88. The third-order valence-corrected chi connectivity index (χ3v) is 7.99. The SMILES string of the molecule is C=C(c1ccccc1)[C@]1(C)[C@H](C(C)C)N1S(=O)(=O)c1c(C)cc(C)cc1C. The molecule has 0 bridgehead atoms. The fourth-order valence-electron chi connectivity index (χ4n) is 4.62. The first-order valence-electron chi connectivity index (χ1n) is 9.40. The number of hydrogen-bond donors (Lipinski definition) is 0. The van der Waals surface area contributed by atoms with Crippen LogP contribution in [0.3, 0.4) is 0 Å². The van der Waals surface area contributed by atoms with Crippen molar-refractivity contribution in [2.75, 3.05) is 0 Å². The van der Waals surface area contributed by atoms with E-state index >= 15 is 0 Å². The highest BCUT2D eigenvalue weighted by molar-refractivity contribution is 7.89. The molecule has 0 aromatic heterocycles. The van der Waals surface area contributed by atoms with Gasteiger partial charge in [0.2, 0.25) is 10.0 Å². The van der Waals surface area contributed by atoms with Crippen LogP contribution < -0.4 is 0 Å². The van der Waals surface area contributed by atoms with E-state index in [1.807, 2.05) is 70.2 Å². The maximum atomic E-state index is 13.7. The molecule has 0 aliphatic carbocycles. The molecule has 1 heterocycles. The predicted molar refractivity (Wildman–Crippen MR) is 112 cm³/mol. The van der Waals surface area contributed by atoms with Gasteiger partial charge in [-0.25, -0.2) is 8.42 Å². The van der Waals surface area contributed by atoms with Gasteiger partial charge in [-0.2, -0.15) is 4.31 Å². The van der Waals surface area contributed by atoms with Gasteiger partial charge >= 0.3 is 0 Å². The van der Waals surface area contributed by atoms with Gasteiger partial charge in [0.25, 0.3) is 0 Å². The van der Waals surface area contributed by atoms with Crippen molar-refractivity contribution in [3.63, 3.8) is 0 Å². The van der Waals surface area contributed by atoms with Crippen molar-refractivity contribution < 1.29 is 8.42 Å². The van der Waals surface area contributed by atoms with Gasteiger partial charge in [-0.05, 0) is 55.9 Å². The van der Waals surface area contributed by atoms with E-state index in [0.29, 0.717) is 4.90 Å². The number of sulfonamides is 1. The second kappa shape index (κ2) is 6.61. The summed E-state index contributed by atoms with van der Waals surface area (Å²) in [5.74, 6) is 0.191. The predicted octanol–water partition coefficient (Wildman–Crippen LogP) is 5.11. The van der Waals surface area contributed by atoms with Gasteiger partial charge in [0, 0.05) is 0 Å². The van der Waals surface area contributed by atoms with Gasteiger partial charge < -0.3 is 0 Å². The summed E-state index contributed by atoms with van der Waals surface area (Å²) >= 11 is 0. The number of rotatable bonds is 5. The highest BCUT2D eigenvalue weighted by atomic mass is 32.2. The Kier molecular flexibility index (Phi) is 4.86. The summed E-state index contributed by atoms with van der Waals surface area (Å²) in [4.78, 5) is 0.434. The third kappa shape index (κ3) is 3.05. The summed E-state index contributed by atoms with van der Waals surface area (Å²) in [7, 11) is -3.63. The fourth-order valence-corrected chi connectivity index (χ4v) is 7.17. The molecule has 1 aliphatic heterocycles. The van der Waals surface area contributed by atoms with Crippen molar-refractivity contribution in [1.29, 1.82) is 0 Å². The molecule has 0 N–H and O–H groups in total. The van der Waals surface area contributed by atoms with Crippen LogP contribution in [0.2, 0.25) is 0 Å². The topological polar surface area (TPSA) is 37.1 Å². The Morgan fingerprint density at radius 1 is 1.07 bits per heavy atom. The molecule has 0 saturated carbocycles. The average molecular weight is 384 g/mol. The second-order valence-electron chi connectivity index (χ2n) is 8.21. The molecule has 0 amide bonds. The molecule has 4 heteroatoms. The average Bonchev–Trinajstić information content (AvgIpc) is 3.22. The standard InChI is InChI=1S/C23H29NO2S/c1-15(2)22-23(7,19(6)20-11-9-8-10-12-20)24(22)27(25,26)21-17(4)13-16(3)14-18(21)5/h8-15,22H,6H2,1-5,7H3/t22-,23+,24?/m0/s1. The Bertz CT molecular complexity index is 969. The lowest BCUT2D eigenvalue weighted by Gasteiger charge is -2.18. The molecule has 3 rings (SSSR count). The molecule has 144 valence electrons. The van der Waals surface area contributed by atoms with Crippen molar-refractivity contribution in [1.82, 2.24) is 4.31 Å². The quantitative estimate of drug-likeness (QED) is 0.673. The zero-order chi connectivity index (χ0) is 20.1. The smallest absolute Gasteiger partial charge is 0.207 e. The van der Waals surface area contributed by atoms with Crippen LogP contribution >= 0.6 is 0 Å². The summed E-state index contributed by atoms with van der Waals surface area (Å²) in [5, 5.41) is 0. The minimum Gasteiger partial charge on any atom is -0.207 e. The molecule has 3 atom stereocenters. The van der Waals surface area contributed by atoms with Crippen molar-refractivity contribution in [2.24, 2.45) is 5.92 Å². The molecule has 1 fully saturated rings. The number of nitrogens with zero attached hydrogens (tertiary/aromatic N) is 1. The molecule has 2 aromatic rings. The van der Waals surface area contributed by atoms with Crippen LogP contribution in [-0.2, 0) is 10.0 Å². The van der Waals surface area contributed by atoms with Gasteiger partial charge in [-0.3, -0.25) is 0 Å². The normalized spacial score (nSPS) is 24.9. The molecule has 27 heavy (non-hydrogen) atoms. The Balaban J connectivity index is 2.11. The van der Waals surface area contributed by atoms with Crippen molar-refractivity contribution in [3.05, 3.63) is 71.3 Å². The summed E-state index contributed by atoms with van der Waals surface area (Å²) in [6.45, 7) is 16.2. The number of hydrogen-bond acceptors (Lipinski definition) is 2. The maximum absolute atomic E-state index is 13.7. The Hall–Kier alpha value is -1.91. The van der Waals surface area contributed by atoms with Crippen LogP contribution in [0.5, 0.6) is 0 Å². The van der Waals surface area contributed by atoms with Crippen molar-refractivity contribution >= 4 is 15.6 Å². The molecule has 0 radical (unpaired) electrons. The lowest BCUT2D eigenvalue weighted by Crippen LogP contribution is -2.23. The second-order valence-corrected chi connectivity index (χ2v) is 9.96. The first kappa shape index (κ1) is 19.8. The summed E-state index contributed by atoms with van der Waals surface area (Å²) in [6.07, 6.45) is 0. The minimum atomic E-state index is -3.63. The monoisotopic (exact) mass is 383 g/mol. The van der Waals surface area contributed by atoms with Gasteiger partial charge in [-0.15, -0.1) is 0 Å². The van der Waals surface area contributed by atoms with E-state index < -0.39 is 15.6 Å². The van der Waals surface area contributed by atoms with Gasteiger partial charge in [0.05, 0.1) is 16.5 Å². The van der Waals surface area contributed by atoms with E-state index in [2.05, 4.69) is 20.4 Å². The van der Waals surface area contributed by atoms with Crippen LogP contribution in [0.25, 0.3) is 5.57 Å². The highest BCUT2D eigenvalue weighted by Gasteiger charge is 2.68. The van der Waals surface area contributed by atoms with Crippen LogP contribution in [0.4, 0.5) is 0 Å². The summed E-state index contributed by atoms with van der Waals surface area (Å²) in [5.41, 5.74) is 3.90. The van der Waals surface area contributed by atoms with Crippen molar-refractivity contribution in [3.8, 4) is 0 Å². The Morgan fingerprint density at radius 2 is 1.59 bits per heavy atom. The van der Waals surface area contributed by atoms with Crippen LogP contribution in [0, 0.1) is 26.7 Å². The molecule has 2 aromatic carbocycles. The molecule has 1 saturated heterocycles. The minimum absolute atomic E-state index is 0.102.